The molecule has 142 valence electrons. The molecule has 0 aliphatic heterocycles. The SMILES string of the molecule is CCOc1ccc(CC(=O)Nc2ccc(Cl)cc2C(=O)c2ccccc2)cc1. The standard InChI is InChI=1S/C23H20ClNO3/c1-2-28-19-11-8-16(9-12-19)14-22(26)25-21-13-10-18(24)15-20(21)23(27)17-6-4-3-5-7-17/h3-13,15H,2,14H2,1H3,(H,25,26). The second-order valence-corrected chi connectivity index (χ2v) is 6.62. The minimum atomic E-state index is -0.214. The number of rotatable bonds is 7. The number of anilines is 1. The van der Waals surface area contributed by atoms with Crippen molar-refractivity contribution in [3.63, 3.8) is 0 Å². The van der Waals surface area contributed by atoms with Crippen LogP contribution >= 0.6 is 11.6 Å². The second-order valence-electron chi connectivity index (χ2n) is 6.19. The number of halogens is 1. The molecule has 0 saturated heterocycles. The van der Waals surface area contributed by atoms with Crippen molar-refractivity contribution < 1.29 is 14.3 Å². The number of benzene rings is 3. The van der Waals surface area contributed by atoms with Gasteiger partial charge in [0.05, 0.1) is 18.7 Å². The Kier molecular flexibility index (Phi) is 6.45. The molecule has 0 atom stereocenters. The monoisotopic (exact) mass is 393 g/mol. The predicted molar refractivity (Wildman–Crippen MR) is 111 cm³/mol. The van der Waals surface area contributed by atoms with E-state index in [9.17, 15) is 9.59 Å². The van der Waals surface area contributed by atoms with E-state index in [4.69, 9.17) is 16.3 Å². The molecule has 0 aliphatic rings. The Balaban J connectivity index is 1.76. The molecule has 5 heteroatoms. The minimum Gasteiger partial charge on any atom is -0.494 e. The number of carbonyl (C=O) groups is 2. The van der Waals surface area contributed by atoms with Crippen molar-refractivity contribution >= 4 is 29.0 Å². The first-order valence-electron chi connectivity index (χ1n) is 8.97. The van der Waals surface area contributed by atoms with Crippen molar-refractivity contribution in [3.8, 4) is 5.75 Å². The number of amides is 1. The fraction of sp³-hybridized carbons (Fsp3) is 0.130. The summed E-state index contributed by atoms with van der Waals surface area (Å²) in [5.74, 6) is 0.355. The molecule has 4 nitrogen and oxygen atoms in total. The van der Waals surface area contributed by atoms with E-state index < -0.39 is 0 Å². The number of hydrogen-bond acceptors (Lipinski definition) is 3. The van der Waals surface area contributed by atoms with Gasteiger partial charge >= 0.3 is 0 Å². The van der Waals surface area contributed by atoms with Crippen molar-refractivity contribution in [2.24, 2.45) is 0 Å². The van der Waals surface area contributed by atoms with E-state index in [1.807, 2.05) is 37.3 Å². The van der Waals surface area contributed by atoms with E-state index in [0.29, 0.717) is 28.4 Å². The van der Waals surface area contributed by atoms with Crippen LogP contribution in [-0.2, 0) is 11.2 Å². The molecule has 0 saturated carbocycles. The van der Waals surface area contributed by atoms with Gasteiger partial charge in [-0.15, -0.1) is 0 Å². The lowest BCUT2D eigenvalue weighted by atomic mass is 10.0. The first kappa shape index (κ1) is 19.6. The summed E-state index contributed by atoms with van der Waals surface area (Å²) < 4.78 is 5.41. The van der Waals surface area contributed by atoms with Gasteiger partial charge in [0.15, 0.2) is 5.78 Å². The van der Waals surface area contributed by atoms with Crippen LogP contribution in [0.3, 0.4) is 0 Å². The third kappa shape index (κ3) is 4.99. The summed E-state index contributed by atoms with van der Waals surface area (Å²) in [4.78, 5) is 25.3. The molecule has 0 heterocycles. The van der Waals surface area contributed by atoms with E-state index >= 15 is 0 Å². The fourth-order valence-corrected chi connectivity index (χ4v) is 2.98. The molecule has 28 heavy (non-hydrogen) atoms. The van der Waals surface area contributed by atoms with Gasteiger partial charge in [0.25, 0.3) is 0 Å². The highest BCUT2D eigenvalue weighted by molar-refractivity contribution is 6.31. The van der Waals surface area contributed by atoms with Gasteiger partial charge in [-0.05, 0) is 42.8 Å². The Morgan fingerprint density at radius 2 is 1.68 bits per heavy atom. The maximum atomic E-state index is 12.8. The van der Waals surface area contributed by atoms with Gasteiger partial charge in [0, 0.05) is 16.1 Å². The molecule has 0 aliphatic carbocycles. The lowest BCUT2D eigenvalue weighted by molar-refractivity contribution is -0.115. The highest BCUT2D eigenvalue weighted by atomic mass is 35.5. The summed E-state index contributed by atoms with van der Waals surface area (Å²) in [7, 11) is 0. The van der Waals surface area contributed by atoms with Crippen molar-refractivity contribution in [1.29, 1.82) is 0 Å². The zero-order valence-electron chi connectivity index (χ0n) is 15.4. The lowest BCUT2D eigenvalue weighted by Crippen LogP contribution is -2.17. The quantitative estimate of drug-likeness (QED) is 0.564. The normalized spacial score (nSPS) is 10.4. The molecule has 0 aromatic heterocycles. The third-order valence-corrected chi connectivity index (χ3v) is 4.37. The van der Waals surface area contributed by atoms with Crippen molar-refractivity contribution in [2.45, 2.75) is 13.3 Å². The first-order valence-corrected chi connectivity index (χ1v) is 9.35. The third-order valence-electron chi connectivity index (χ3n) is 4.14. The van der Waals surface area contributed by atoms with Crippen LogP contribution < -0.4 is 10.1 Å². The molecule has 0 bridgehead atoms. The smallest absolute Gasteiger partial charge is 0.228 e. The largest absolute Gasteiger partial charge is 0.494 e. The van der Waals surface area contributed by atoms with Gasteiger partial charge in [0.1, 0.15) is 5.75 Å². The zero-order valence-corrected chi connectivity index (χ0v) is 16.2. The van der Waals surface area contributed by atoms with Crippen molar-refractivity contribution in [3.05, 3.63) is 94.5 Å². The molecule has 0 spiro atoms. The van der Waals surface area contributed by atoms with Crippen molar-refractivity contribution in [1.82, 2.24) is 0 Å². The molecule has 0 unspecified atom stereocenters. The first-order chi connectivity index (χ1) is 13.6. The van der Waals surface area contributed by atoms with Gasteiger partial charge in [-0.3, -0.25) is 9.59 Å². The summed E-state index contributed by atoms with van der Waals surface area (Å²) in [6, 6.07) is 21.1. The van der Waals surface area contributed by atoms with Gasteiger partial charge in [-0.2, -0.15) is 0 Å². The number of ketones is 1. The van der Waals surface area contributed by atoms with Crippen LogP contribution in [0.15, 0.2) is 72.8 Å². The predicted octanol–water partition coefficient (Wildman–Crippen LogP) is 5.15. The minimum absolute atomic E-state index is 0.188. The number of carbonyl (C=O) groups excluding carboxylic acids is 2. The molecule has 0 fully saturated rings. The van der Waals surface area contributed by atoms with Crippen molar-refractivity contribution in [2.75, 3.05) is 11.9 Å². The zero-order chi connectivity index (χ0) is 19.9. The van der Waals surface area contributed by atoms with Crippen LogP contribution in [-0.4, -0.2) is 18.3 Å². The molecule has 1 amide bonds. The molecule has 3 aromatic carbocycles. The lowest BCUT2D eigenvalue weighted by Gasteiger charge is -2.12. The summed E-state index contributed by atoms with van der Waals surface area (Å²) in [5, 5.41) is 3.26. The summed E-state index contributed by atoms with van der Waals surface area (Å²) in [6.45, 7) is 2.51. The van der Waals surface area contributed by atoms with Gasteiger partial charge in [0.2, 0.25) is 5.91 Å². The number of nitrogens with one attached hydrogen (secondary N) is 1. The average Bonchev–Trinajstić information content (AvgIpc) is 2.71. The molecule has 0 radical (unpaired) electrons. The van der Waals surface area contributed by atoms with Crippen LogP contribution in [0.4, 0.5) is 5.69 Å². The molecular weight excluding hydrogens is 374 g/mol. The highest BCUT2D eigenvalue weighted by Crippen LogP contribution is 2.24. The van der Waals surface area contributed by atoms with Gasteiger partial charge in [-0.1, -0.05) is 54.1 Å². The Hall–Kier alpha value is -3.11. The maximum absolute atomic E-state index is 12.8. The summed E-state index contributed by atoms with van der Waals surface area (Å²) >= 11 is 6.08. The van der Waals surface area contributed by atoms with Crippen LogP contribution in [0.25, 0.3) is 0 Å². The highest BCUT2D eigenvalue weighted by Gasteiger charge is 2.16. The topological polar surface area (TPSA) is 55.4 Å². The Labute approximate surface area is 169 Å². The Morgan fingerprint density at radius 1 is 0.964 bits per heavy atom. The van der Waals surface area contributed by atoms with Crippen LogP contribution in [0.1, 0.15) is 28.4 Å². The van der Waals surface area contributed by atoms with Crippen LogP contribution in [0, 0.1) is 0 Å². The molecule has 3 rings (SSSR count). The Bertz CT molecular complexity index is 969. The van der Waals surface area contributed by atoms with E-state index in [-0.39, 0.29) is 18.1 Å². The second kappa shape index (κ2) is 9.20. The van der Waals surface area contributed by atoms with E-state index in [2.05, 4.69) is 5.32 Å². The number of hydrogen-bond donors (Lipinski definition) is 1. The summed E-state index contributed by atoms with van der Waals surface area (Å²) in [6.07, 6.45) is 0.188. The molecular formula is C23H20ClNO3. The molecule has 3 aromatic rings. The van der Waals surface area contributed by atoms with Gasteiger partial charge in [-0.25, -0.2) is 0 Å². The van der Waals surface area contributed by atoms with E-state index in [1.54, 1.807) is 42.5 Å². The number of ether oxygens (including phenoxy) is 1. The van der Waals surface area contributed by atoms with Crippen LogP contribution in [0.5, 0.6) is 5.75 Å². The van der Waals surface area contributed by atoms with E-state index in [1.165, 1.54) is 0 Å². The van der Waals surface area contributed by atoms with Gasteiger partial charge < -0.3 is 10.1 Å². The fourth-order valence-electron chi connectivity index (χ4n) is 2.81. The van der Waals surface area contributed by atoms with Crippen LogP contribution in [0.2, 0.25) is 5.02 Å². The maximum Gasteiger partial charge on any atom is 0.228 e. The Morgan fingerprint density at radius 3 is 2.36 bits per heavy atom. The van der Waals surface area contributed by atoms with E-state index in [0.717, 1.165) is 11.3 Å². The molecule has 1 N–H and O–H groups in total. The summed E-state index contributed by atoms with van der Waals surface area (Å²) in [5.41, 5.74) is 2.19. The average molecular weight is 394 g/mol.